The Morgan fingerprint density at radius 2 is 1.09 bits per heavy atom. The number of rotatable bonds is 20. The van der Waals surface area contributed by atoms with Gasteiger partial charge in [0.1, 0.15) is 5.75 Å². The molecule has 34 heavy (non-hydrogen) atoms. The molecule has 3 nitrogen and oxygen atoms in total. The second kappa shape index (κ2) is 18.2. The van der Waals surface area contributed by atoms with E-state index in [9.17, 15) is 0 Å². The second-order valence-corrected chi connectivity index (χ2v) is 11.5. The summed E-state index contributed by atoms with van der Waals surface area (Å²) in [6.07, 6.45) is 15.2. The summed E-state index contributed by atoms with van der Waals surface area (Å²) < 4.78 is 18.6. The first-order chi connectivity index (χ1) is 16.6. The Hall–Kier alpha value is -1.15. The number of hydrogen-bond acceptors (Lipinski definition) is 3. The van der Waals surface area contributed by atoms with Crippen molar-refractivity contribution in [2.45, 2.75) is 105 Å². The summed E-state index contributed by atoms with van der Waals surface area (Å²) in [5.41, 5.74) is 0. The van der Waals surface area contributed by atoms with Crippen LogP contribution in [0.4, 0.5) is 0 Å². The third kappa shape index (κ3) is 13.1. The van der Waals surface area contributed by atoms with Crippen LogP contribution in [0.3, 0.4) is 0 Å². The SMILES string of the molecule is CC(C)CCCCCCCOP(OCCCCCCCC(C)C)Oc1cccc2ccccc12. The van der Waals surface area contributed by atoms with Gasteiger partial charge in [-0.2, -0.15) is 0 Å². The lowest BCUT2D eigenvalue weighted by molar-refractivity contribution is 0.199. The quantitative estimate of drug-likeness (QED) is 0.137. The molecule has 0 aliphatic heterocycles. The molecule has 0 aliphatic carbocycles. The van der Waals surface area contributed by atoms with Crippen molar-refractivity contribution in [3.8, 4) is 5.75 Å². The van der Waals surface area contributed by atoms with Crippen LogP contribution in [0, 0.1) is 11.8 Å². The standard InChI is InChI=1S/C30H49O3P/c1-26(2)18-11-7-5-9-15-24-31-34(32-25-16-10-6-8-12-19-27(3)4)33-30-23-17-21-28-20-13-14-22-29(28)30/h13-14,17,20-23,26-27H,5-12,15-16,18-19,24-25H2,1-4H3. The lowest BCUT2D eigenvalue weighted by Crippen LogP contribution is -2.01. The molecule has 0 spiro atoms. The molecule has 0 saturated carbocycles. The van der Waals surface area contributed by atoms with Crippen LogP contribution in [0.25, 0.3) is 10.8 Å². The number of fused-ring (bicyclic) bond motifs is 1. The topological polar surface area (TPSA) is 27.7 Å². The first kappa shape index (κ1) is 29.1. The molecular formula is C30H49O3P. The molecule has 0 amide bonds. The minimum atomic E-state index is -1.38. The van der Waals surface area contributed by atoms with Gasteiger partial charge in [0.25, 0.3) is 0 Å². The lowest BCUT2D eigenvalue weighted by atomic mass is 10.0. The van der Waals surface area contributed by atoms with Crippen molar-refractivity contribution in [1.29, 1.82) is 0 Å². The van der Waals surface area contributed by atoms with Gasteiger partial charge in [-0.15, -0.1) is 0 Å². The molecule has 0 unspecified atom stereocenters. The number of benzene rings is 2. The van der Waals surface area contributed by atoms with Crippen molar-refractivity contribution in [2.75, 3.05) is 13.2 Å². The van der Waals surface area contributed by atoms with Gasteiger partial charge in [-0.3, -0.25) is 0 Å². The zero-order chi connectivity index (χ0) is 24.4. The highest BCUT2D eigenvalue weighted by molar-refractivity contribution is 7.42. The van der Waals surface area contributed by atoms with Gasteiger partial charge in [-0.25, -0.2) is 0 Å². The van der Waals surface area contributed by atoms with Crippen molar-refractivity contribution in [1.82, 2.24) is 0 Å². The van der Waals surface area contributed by atoms with Crippen LogP contribution in [0.15, 0.2) is 42.5 Å². The Morgan fingerprint density at radius 1 is 0.588 bits per heavy atom. The maximum absolute atomic E-state index is 6.29. The zero-order valence-corrected chi connectivity index (χ0v) is 23.2. The maximum Gasteiger partial charge on any atom is 0.397 e. The highest BCUT2D eigenvalue weighted by atomic mass is 31.2. The highest BCUT2D eigenvalue weighted by Gasteiger charge is 2.16. The van der Waals surface area contributed by atoms with E-state index in [2.05, 4.69) is 58.0 Å². The average molecular weight is 489 g/mol. The lowest BCUT2D eigenvalue weighted by Gasteiger charge is -2.18. The zero-order valence-electron chi connectivity index (χ0n) is 22.3. The summed E-state index contributed by atoms with van der Waals surface area (Å²) in [4.78, 5) is 0. The van der Waals surface area contributed by atoms with Gasteiger partial charge < -0.3 is 13.6 Å². The van der Waals surface area contributed by atoms with E-state index in [0.717, 1.165) is 35.8 Å². The van der Waals surface area contributed by atoms with Crippen molar-refractivity contribution in [3.63, 3.8) is 0 Å². The summed E-state index contributed by atoms with van der Waals surface area (Å²) in [5, 5.41) is 2.29. The number of hydrogen-bond donors (Lipinski definition) is 0. The summed E-state index contributed by atoms with van der Waals surface area (Å²) in [5.74, 6) is 2.48. The third-order valence-corrected chi connectivity index (χ3v) is 7.30. The molecular weight excluding hydrogens is 439 g/mol. The van der Waals surface area contributed by atoms with Gasteiger partial charge in [-0.1, -0.05) is 128 Å². The Morgan fingerprint density at radius 3 is 1.68 bits per heavy atom. The molecule has 0 atom stereocenters. The van der Waals surface area contributed by atoms with E-state index in [1.807, 2.05) is 12.1 Å². The van der Waals surface area contributed by atoms with Crippen molar-refractivity contribution < 1.29 is 13.6 Å². The summed E-state index contributed by atoms with van der Waals surface area (Å²) in [6.45, 7) is 10.6. The molecule has 2 aromatic rings. The van der Waals surface area contributed by atoms with Gasteiger partial charge in [0.05, 0.1) is 13.2 Å². The fraction of sp³-hybridized carbons (Fsp3) is 0.667. The largest absolute Gasteiger partial charge is 0.426 e. The van der Waals surface area contributed by atoms with E-state index in [1.165, 1.54) is 69.6 Å². The first-order valence-corrected chi connectivity index (χ1v) is 14.9. The Kier molecular flexibility index (Phi) is 15.5. The van der Waals surface area contributed by atoms with Gasteiger partial charge in [-0.05, 0) is 36.1 Å². The normalized spacial score (nSPS) is 11.9. The molecule has 0 bridgehead atoms. The molecule has 192 valence electrons. The van der Waals surface area contributed by atoms with E-state index in [-0.39, 0.29) is 0 Å². The molecule has 0 aromatic heterocycles. The van der Waals surface area contributed by atoms with Gasteiger partial charge in [0.2, 0.25) is 0 Å². The minimum Gasteiger partial charge on any atom is -0.426 e. The summed E-state index contributed by atoms with van der Waals surface area (Å²) >= 11 is 0. The van der Waals surface area contributed by atoms with E-state index in [0.29, 0.717) is 13.2 Å². The number of unbranched alkanes of at least 4 members (excludes halogenated alkanes) is 8. The second-order valence-electron chi connectivity index (χ2n) is 10.4. The van der Waals surface area contributed by atoms with Crippen LogP contribution in [-0.4, -0.2) is 13.2 Å². The average Bonchev–Trinajstić information content (AvgIpc) is 2.82. The minimum absolute atomic E-state index is 0.704. The van der Waals surface area contributed by atoms with Gasteiger partial charge in [0.15, 0.2) is 0 Å². The molecule has 0 saturated heterocycles. The van der Waals surface area contributed by atoms with E-state index in [4.69, 9.17) is 13.6 Å². The highest BCUT2D eigenvalue weighted by Crippen LogP contribution is 2.43. The smallest absolute Gasteiger partial charge is 0.397 e. The molecule has 2 aromatic carbocycles. The molecule has 0 N–H and O–H groups in total. The van der Waals surface area contributed by atoms with Crippen molar-refractivity contribution in [2.24, 2.45) is 11.8 Å². The Labute approximate surface area is 211 Å². The monoisotopic (exact) mass is 488 g/mol. The van der Waals surface area contributed by atoms with Crippen molar-refractivity contribution in [3.05, 3.63) is 42.5 Å². The fourth-order valence-corrected chi connectivity index (χ4v) is 5.15. The van der Waals surface area contributed by atoms with Crippen LogP contribution in [0.5, 0.6) is 5.75 Å². The molecule has 0 aliphatic rings. The van der Waals surface area contributed by atoms with Crippen LogP contribution in [0.2, 0.25) is 0 Å². The van der Waals surface area contributed by atoms with Gasteiger partial charge in [0, 0.05) is 5.39 Å². The molecule has 0 heterocycles. The predicted molar refractivity (Wildman–Crippen MR) is 148 cm³/mol. The molecule has 0 fully saturated rings. The Bertz CT molecular complexity index is 732. The van der Waals surface area contributed by atoms with Crippen LogP contribution in [-0.2, 0) is 9.05 Å². The predicted octanol–water partition coefficient (Wildman–Crippen LogP) is 10.5. The van der Waals surface area contributed by atoms with E-state index < -0.39 is 8.60 Å². The van der Waals surface area contributed by atoms with Crippen LogP contribution in [0.1, 0.15) is 105 Å². The van der Waals surface area contributed by atoms with Crippen LogP contribution < -0.4 is 4.52 Å². The Balaban J connectivity index is 1.75. The van der Waals surface area contributed by atoms with E-state index in [1.54, 1.807) is 0 Å². The fourth-order valence-electron chi connectivity index (χ4n) is 4.09. The van der Waals surface area contributed by atoms with Crippen LogP contribution >= 0.6 is 8.60 Å². The summed E-state index contributed by atoms with van der Waals surface area (Å²) in [7, 11) is -1.38. The first-order valence-electron chi connectivity index (χ1n) is 13.8. The third-order valence-electron chi connectivity index (χ3n) is 6.17. The molecule has 0 radical (unpaired) electrons. The van der Waals surface area contributed by atoms with Crippen molar-refractivity contribution >= 4 is 19.4 Å². The summed E-state index contributed by atoms with van der Waals surface area (Å²) in [6, 6.07) is 14.5. The van der Waals surface area contributed by atoms with E-state index >= 15 is 0 Å². The molecule has 4 heteroatoms. The van der Waals surface area contributed by atoms with Gasteiger partial charge >= 0.3 is 8.60 Å². The maximum atomic E-state index is 6.29. The molecule has 2 rings (SSSR count).